The van der Waals surface area contributed by atoms with Gasteiger partial charge >= 0.3 is 11.9 Å². The van der Waals surface area contributed by atoms with E-state index in [9.17, 15) is 14.7 Å². The maximum absolute atomic E-state index is 11.9. The second kappa shape index (κ2) is 8.35. The van der Waals surface area contributed by atoms with Crippen LogP contribution in [0.3, 0.4) is 0 Å². The molecule has 31 heavy (non-hydrogen) atoms. The van der Waals surface area contributed by atoms with Crippen LogP contribution in [0, 0.1) is 46.3 Å². The fourth-order valence-electron chi connectivity index (χ4n) is 9.17. The van der Waals surface area contributed by atoms with Gasteiger partial charge in [0.15, 0.2) is 0 Å². The Morgan fingerprint density at radius 2 is 1.81 bits per heavy atom. The summed E-state index contributed by atoms with van der Waals surface area (Å²) in [6, 6.07) is 0. The molecule has 0 saturated heterocycles. The van der Waals surface area contributed by atoms with E-state index in [0.717, 1.165) is 19.3 Å². The molecule has 0 aromatic rings. The lowest BCUT2D eigenvalue weighted by Crippen LogP contribution is -2.60. The number of aliphatic carboxylic acids is 1. The van der Waals surface area contributed by atoms with E-state index in [1.54, 1.807) is 0 Å². The molecular weight excluding hydrogens is 392 g/mol. The van der Waals surface area contributed by atoms with Gasteiger partial charge in [-0.3, -0.25) is 9.59 Å². The molecular formula is C26H42O5. The number of ether oxygens (including phenoxy) is 1. The lowest BCUT2D eigenvalue weighted by atomic mass is 9.43. The Morgan fingerprint density at radius 3 is 2.48 bits per heavy atom. The normalized spacial score (nSPS) is 47.6. The number of fused-ring (bicyclic) bond motifs is 5. The van der Waals surface area contributed by atoms with Gasteiger partial charge in [-0.05, 0) is 92.3 Å². The highest BCUT2D eigenvalue weighted by molar-refractivity contribution is 5.66. The number of hydrogen-bond acceptors (Lipinski definition) is 4. The maximum atomic E-state index is 11.9. The van der Waals surface area contributed by atoms with Crippen LogP contribution in [-0.4, -0.2) is 34.4 Å². The lowest BCUT2D eigenvalue weighted by molar-refractivity contribution is -0.201. The molecule has 176 valence electrons. The summed E-state index contributed by atoms with van der Waals surface area (Å²) in [4.78, 5) is 23.0. The third-order valence-electron chi connectivity index (χ3n) is 10.6. The Balaban J connectivity index is 1.57. The number of carbonyl (C=O) groups is 2. The number of carboxylic acids is 1. The molecule has 4 fully saturated rings. The Kier molecular flexibility index (Phi) is 6.22. The molecule has 4 rings (SSSR count). The summed E-state index contributed by atoms with van der Waals surface area (Å²) < 4.78 is 5.88. The summed E-state index contributed by atoms with van der Waals surface area (Å²) in [5.74, 6) is 2.48. The van der Waals surface area contributed by atoms with Gasteiger partial charge < -0.3 is 14.9 Å². The first-order valence-electron chi connectivity index (χ1n) is 12.6. The average molecular weight is 435 g/mol. The molecule has 0 amide bonds. The minimum Gasteiger partial charge on any atom is -0.481 e. The molecule has 10 atom stereocenters. The number of hydrogen-bond donors (Lipinski definition) is 2. The second-order valence-electron chi connectivity index (χ2n) is 11.9. The number of aliphatic hydroxyl groups is 1. The van der Waals surface area contributed by atoms with Gasteiger partial charge in [0.05, 0.1) is 6.10 Å². The zero-order valence-electron chi connectivity index (χ0n) is 19.8. The molecule has 0 aromatic heterocycles. The first-order valence-corrected chi connectivity index (χ1v) is 12.6. The highest BCUT2D eigenvalue weighted by atomic mass is 16.5. The van der Waals surface area contributed by atoms with Crippen molar-refractivity contribution >= 4 is 11.9 Å². The zero-order chi connectivity index (χ0) is 22.6. The molecule has 0 spiro atoms. The molecule has 0 unspecified atom stereocenters. The van der Waals surface area contributed by atoms with Gasteiger partial charge in [-0.15, -0.1) is 0 Å². The van der Waals surface area contributed by atoms with Crippen LogP contribution >= 0.6 is 0 Å². The first kappa shape index (κ1) is 23.1. The van der Waals surface area contributed by atoms with Crippen LogP contribution in [0.5, 0.6) is 0 Å². The summed E-state index contributed by atoms with van der Waals surface area (Å²) in [6.07, 6.45) is 9.11. The predicted octanol–water partition coefficient (Wildman–Crippen LogP) is 5.05. The molecule has 0 bridgehead atoms. The van der Waals surface area contributed by atoms with Crippen molar-refractivity contribution in [2.45, 2.75) is 104 Å². The third-order valence-corrected chi connectivity index (χ3v) is 10.6. The molecule has 5 heteroatoms. The van der Waals surface area contributed by atoms with Crippen LogP contribution in [0.4, 0.5) is 0 Å². The zero-order valence-corrected chi connectivity index (χ0v) is 19.8. The highest BCUT2D eigenvalue weighted by Crippen LogP contribution is 2.68. The van der Waals surface area contributed by atoms with Crippen molar-refractivity contribution in [3.63, 3.8) is 0 Å². The largest absolute Gasteiger partial charge is 0.481 e. The molecule has 0 aromatic carbocycles. The fourth-order valence-corrected chi connectivity index (χ4v) is 9.17. The number of carboxylic acid groups (broad SMARTS) is 1. The monoisotopic (exact) mass is 434 g/mol. The van der Waals surface area contributed by atoms with Crippen molar-refractivity contribution in [3.05, 3.63) is 0 Å². The molecule has 0 aliphatic heterocycles. The van der Waals surface area contributed by atoms with Gasteiger partial charge in [-0.1, -0.05) is 20.8 Å². The molecule has 4 aliphatic rings. The van der Waals surface area contributed by atoms with E-state index in [2.05, 4.69) is 20.8 Å². The lowest BCUT2D eigenvalue weighted by Gasteiger charge is -2.62. The van der Waals surface area contributed by atoms with E-state index in [1.165, 1.54) is 39.0 Å². The standard InChI is InChI=1S/C26H42O5/c1-15(5-10-24(29)30)20-8-9-21-19-7-6-17-13-18(28)14-23(31-16(2)27)26(17,4)22(19)11-12-25(20,21)3/h15,17-23,28H,5-14H2,1-4H3,(H,29,30)/t15-,17-,18+,19+,20-,21+,22+,23-,25-,26+/m1/s1. The van der Waals surface area contributed by atoms with E-state index in [1.807, 2.05) is 0 Å². The van der Waals surface area contributed by atoms with Crippen molar-refractivity contribution in [1.82, 2.24) is 0 Å². The van der Waals surface area contributed by atoms with Gasteiger partial charge in [-0.2, -0.15) is 0 Å². The summed E-state index contributed by atoms with van der Waals surface area (Å²) in [6.45, 7) is 8.62. The van der Waals surface area contributed by atoms with Gasteiger partial charge in [0.2, 0.25) is 0 Å². The fraction of sp³-hybridized carbons (Fsp3) is 0.923. The second-order valence-corrected chi connectivity index (χ2v) is 11.9. The SMILES string of the molecule is CC(=O)O[C@@H]1C[C@@H](O)C[C@H]2CC[C@H]3[C@@H]4CC[C@H]([C@H](C)CCC(=O)O)[C@@]4(C)CC[C@@H]3[C@]21C. The number of rotatable bonds is 5. The van der Waals surface area contributed by atoms with Crippen LogP contribution in [0.25, 0.3) is 0 Å². The molecule has 0 radical (unpaired) electrons. The minimum atomic E-state index is -0.683. The van der Waals surface area contributed by atoms with E-state index >= 15 is 0 Å². The van der Waals surface area contributed by atoms with Gasteiger partial charge in [0, 0.05) is 25.2 Å². The third kappa shape index (κ3) is 3.83. The van der Waals surface area contributed by atoms with Crippen LogP contribution in [0.2, 0.25) is 0 Å². The Hall–Kier alpha value is -1.10. The average Bonchev–Trinajstić information content (AvgIpc) is 3.04. The van der Waals surface area contributed by atoms with Crippen LogP contribution in [0.15, 0.2) is 0 Å². The van der Waals surface area contributed by atoms with Crippen molar-refractivity contribution < 1.29 is 24.5 Å². The predicted molar refractivity (Wildman–Crippen MR) is 118 cm³/mol. The smallest absolute Gasteiger partial charge is 0.303 e. The van der Waals surface area contributed by atoms with Gasteiger partial charge in [0.25, 0.3) is 0 Å². The number of aliphatic hydroxyl groups excluding tert-OH is 1. The summed E-state index contributed by atoms with van der Waals surface area (Å²) >= 11 is 0. The topological polar surface area (TPSA) is 83.8 Å². The van der Waals surface area contributed by atoms with Crippen LogP contribution < -0.4 is 0 Å². The maximum Gasteiger partial charge on any atom is 0.303 e. The highest BCUT2D eigenvalue weighted by Gasteiger charge is 2.63. The Labute approximate surface area is 187 Å². The van der Waals surface area contributed by atoms with Crippen LogP contribution in [0.1, 0.15) is 91.9 Å². The summed E-state index contributed by atoms with van der Waals surface area (Å²) in [7, 11) is 0. The van der Waals surface area contributed by atoms with Crippen molar-refractivity contribution in [3.8, 4) is 0 Å². The van der Waals surface area contributed by atoms with E-state index in [-0.39, 0.29) is 30.0 Å². The number of carbonyl (C=O) groups excluding carboxylic acids is 1. The van der Waals surface area contributed by atoms with Crippen LogP contribution in [-0.2, 0) is 14.3 Å². The van der Waals surface area contributed by atoms with Crippen molar-refractivity contribution in [2.75, 3.05) is 0 Å². The molecule has 2 N–H and O–H groups in total. The van der Waals surface area contributed by atoms with Gasteiger partial charge in [-0.25, -0.2) is 0 Å². The molecule has 5 nitrogen and oxygen atoms in total. The Bertz CT molecular complexity index is 706. The first-order chi connectivity index (χ1) is 14.6. The van der Waals surface area contributed by atoms with E-state index in [4.69, 9.17) is 9.84 Å². The van der Waals surface area contributed by atoms with E-state index < -0.39 is 5.97 Å². The Morgan fingerprint density at radius 1 is 1.06 bits per heavy atom. The molecule has 4 saturated carbocycles. The summed E-state index contributed by atoms with van der Waals surface area (Å²) in [5.41, 5.74) is 0.259. The van der Waals surface area contributed by atoms with Crippen molar-refractivity contribution in [2.24, 2.45) is 46.3 Å². The van der Waals surface area contributed by atoms with Crippen molar-refractivity contribution in [1.29, 1.82) is 0 Å². The van der Waals surface area contributed by atoms with Gasteiger partial charge in [0.1, 0.15) is 6.10 Å². The summed E-state index contributed by atoms with van der Waals surface area (Å²) in [5, 5.41) is 19.6. The minimum absolute atomic E-state index is 0.0395. The molecule has 4 aliphatic carbocycles. The van der Waals surface area contributed by atoms with E-state index in [0.29, 0.717) is 47.3 Å². The molecule has 0 heterocycles. The number of esters is 1. The quantitative estimate of drug-likeness (QED) is 0.592.